The Morgan fingerprint density at radius 3 is 2.88 bits per heavy atom. The average molecular weight is 237 g/mol. The highest BCUT2D eigenvalue weighted by molar-refractivity contribution is 5.98. The fraction of sp³-hybridized carbons (Fsp3) is 0.333. The summed E-state index contributed by atoms with van der Waals surface area (Å²) in [5.74, 6) is -0.722. The van der Waals surface area contributed by atoms with Gasteiger partial charge in [-0.1, -0.05) is 19.4 Å². The summed E-state index contributed by atoms with van der Waals surface area (Å²) in [7, 11) is 0. The third kappa shape index (κ3) is 3.48. The van der Waals surface area contributed by atoms with Crippen LogP contribution in [0.4, 0.5) is 5.69 Å². The van der Waals surface area contributed by atoms with Gasteiger partial charge in [-0.2, -0.15) is 0 Å². The fourth-order valence-electron chi connectivity index (χ4n) is 1.36. The van der Waals surface area contributed by atoms with Crippen LogP contribution in [0, 0.1) is 0 Å². The lowest BCUT2D eigenvalue weighted by Gasteiger charge is -2.12. The summed E-state index contributed by atoms with van der Waals surface area (Å²) in [5, 5.41) is 11.3. The van der Waals surface area contributed by atoms with E-state index in [0.29, 0.717) is 18.8 Å². The van der Waals surface area contributed by atoms with Crippen LogP contribution in [0.3, 0.4) is 0 Å². The maximum Gasteiger partial charge on any atom is 0.337 e. The fourth-order valence-corrected chi connectivity index (χ4v) is 1.36. The van der Waals surface area contributed by atoms with Gasteiger partial charge in [0.2, 0.25) is 6.41 Å². The van der Waals surface area contributed by atoms with Gasteiger partial charge in [-0.3, -0.25) is 4.79 Å². The minimum atomic E-state index is -1.10. The molecule has 1 rings (SSSR count). The normalized spacial score (nSPS) is 9.71. The first-order chi connectivity index (χ1) is 8.20. The maximum atomic E-state index is 11.0. The zero-order valence-corrected chi connectivity index (χ0v) is 9.60. The van der Waals surface area contributed by atoms with E-state index in [9.17, 15) is 9.59 Å². The number of hydrogen-bond donors (Lipinski definition) is 2. The lowest BCUT2D eigenvalue weighted by molar-refractivity contribution is -0.105. The van der Waals surface area contributed by atoms with Crippen LogP contribution >= 0.6 is 0 Å². The van der Waals surface area contributed by atoms with E-state index in [1.807, 2.05) is 6.92 Å². The Balaban J connectivity index is 2.97. The van der Waals surface area contributed by atoms with Crippen LogP contribution in [-0.2, 0) is 4.79 Å². The van der Waals surface area contributed by atoms with E-state index in [-0.39, 0.29) is 11.3 Å². The molecule has 1 aromatic rings. The number of ether oxygens (including phenoxy) is 1. The molecule has 1 amide bonds. The molecule has 0 atom stereocenters. The van der Waals surface area contributed by atoms with Crippen LogP contribution < -0.4 is 10.1 Å². The summed E-state index contributed by atoms with van der Waals surface area (Å²) in [6.07, 6.45) is 2.29. The topological polar surface area (TPSA) is 75.6 Å². The monoisotopic (exact) mass is 237 g/mol. The van der Waals surface area contributed by atoms with E-state index in [0.717, 1.165) is 12.8 Å². The van der Waals surface area contributed by atoms with Crippen molar-refractivity contribution in [3.63, 3.8) is 0 Å². The summed E-state index contributed by atoms with van der Waals surface area (Å²) in [6.45, 7) is 2.52. The molecule has 0 unspecified atom stereocenters. The third-order valence-electron chi connectivity index (χ3n) is 2.22. The highest BCUT2D eigenvalue weighted by Crippen LogP contribution is 2.28. The van der Waals surface area contributed by atoms with E-state index >= 15 is 0 Å². The summed E-state index contributed by atoms with van der Waals surface area (Å²) in [4.78, 5) is 21.4. The third-order valence-corrected chi connectivity index (χ3v) is 2.22. The van der Waals surface area contributed by atoms with Gasteiger partial charge in [-0.05, 0) is 18.6 Å². The first kappa shape index (κ1) is 13.0. The molecule has 0 saturated heterocycles. The van der Waals surface area contributed by atoms with Crippen LogP contribution in [-0.4, -0.2) is 24.1 Å². The molecule has 0 spiro atoms. The Kier molecular flexibility index (Phi) is 5.00. The number of anilines is 1. The van der Waals surface area contributed by atoms with Crippen molar-refractivity contribution in [1.29, 1.82) is 0 Å². The largest absolute Gasteiger partial charge is 0.491 e. The number of amides is 1. The molecule has 0 fully saturated rings. The molecule has 5 heteroatoms. The highest BCUT2D eigenvalue weighted by Gasteiger charge is 2.14. The predicted molar refractivity (Wildman–Crippen MR) is 63.5 cm³/mol. The highest BCUT2D eigenvalue weighted by atomic mass is 16.5. The van der Waals surface area contributed by atoms with Gasteiger partial charge in [0.15, 0.2) is 0 Å². The number of carboxylic acids is 1. The quantitative estimate of drug-likeness (QED) is 0.562. The molecule has 0 aliphatic carbocycles. The Hall–Kier alpha value is -2.04. The molecule has 0 saturated carbocycles. The van der Waals surface area contributed by atoms with Gasteiger partial charge < -0.3 is 15.2 Å². The number of aromatic carboxylic acids is 1. The summed E-state index contributed by atoms with van der Waals surface area (Å²) >= 11 is 0. The Morgan fingerprint density at radius 2 is 2.29 bits per heavy atom. The van der Waals surface area contributed by atoms with Crippen LogP contribution in [0.25, 0.3) is 0 Å². The molecule has 0 aliphatic heterocycles. The van der Waals surface area contributed by atoms with Gasteiger partial charge in [0.25, 0.3) is 0 Å². The molecule has 1 aromatic carbocycles. The van der Waals surface area contributed by atoms with Crippen molar-refractivity contribution in [1.82, 2.24) is 0 Å². The van der Waals surface area contributed by atoms with Crippen molar-refractivity contribution >= 4 is 18.1 Å². The SMILES string of the molecule is CCCCOc1cccc(C(=O)O)c1NC=O. The van der Waals surface area contributed by atoms with Crippen LogP contribution in [0.15, 0.2) is 18.2 Å². The Bertz CT molecular complexity index is 403. The lowest BCUT2D eigenvalue weighted by Crippen LogP contribution is -2.08. The van der Waals surface area contributed by atoms with E-state index in [2.05, 4.69) is 5.32 Å². The van der Waals surface area contributed by atoms with E-state index in [1.54, 1.807) is 12.1 Å². The van der Waals surface area contributed by atoms with Crippen LogP contribution in [0.5, 0.6) is 5.75 Å². The molecule has 2 N–H and O–H groups in total. The van der Waals surface area contributed by atoms with E-state index in [4.69, 9.17) is 9.84 Å². The molecule has 0 heterocycles. The molecular formula is C12H15NO4. The van der Waals surface area contributed by atoms with Gasteiger partial charge in [0.1, 0.15) is 5.75 Å². The Labute approximate surface area is 99.4 Å². The van der Waals surface area contributed by atoms with Gasteiger partial charge in [0, 0.05) is 0 Å². The number of carbonyl (C=O) groups is 2. The second-order valence-electron chi connectivity index (χ2n) is 3.45. The van der Waals surface area contributed by atoms with E-state index < -0.39 is 5.97 Å². The molecule has 5 nitrogen and oxygen atoms in total. The van der Waals surface area contributed by atoms with Crippen molar-refractivity contribution in [2.24, 2.45) is 0 Å². The molecule has 17 heavy (non-hydrogen) atoms. The second-order valence-corrected chi connectivity index (χ2v) is 3.45. The molecule has 0 aliphatic rings. The van der Waals surface area contributed by atoms with Crippen LogP contribution in [0.1, 0.15) is 30.1 Å². The van der Waals surface area contributed by atoms with Crippen molar-refractivity contribution in [3.8, 4) is 5.75 Å². The minimum absolute atomic E-state index is 0.0195. The van der Waals surface area contributed by atoms with Crippen molar-refractivity contribution in [3.05, 3.63) is 23.8 Å². The van der Waals surface area contributed by atoms with Crippen molar-refractivity contribution < 1.29 is 19.4 Å². The number of unbranched alkanes of at least 4 members (excludes halogenated alkanes) is 1. The number of nitrogens with one attached hydrogen (secondary N) is 1. The summed E-state index contributed by atoms with van der Waals surface area (Å²) in [6, 6.07) is 4.63. The second kappa shape index (κ2) is 6.52. The standard InChI is InChI=1S/C12H15NO4/c1-2-3-7-17-10-6-4-5-9(12(15)16)11(10)13-8-14/h4-6,8H,2-3,7H2,1H3,(H,13,14)(H,15,16). The zero-order chi connectivity index (χ0) is 12.7. The van der Waals surface area contributed by atoms with Gasteiger partial charge in [-0.25, -0.2) is 4.79 Å². The smallest absolute Gasteiger partial charge is 0.337 e. The Morgan fingerprint density at radius 1 is 1.53 bits per heavy atom. The van der Waals surface area contributed by atoms with Gasteiger partial charge in [0.05, 0.1) is 17.9 Å². The summed E-state index contributed by atoms with van der Waals surface area (Å²) < 4.78 is 5.44. The van der Waals surface area contributed by atoms with E-state index in [1.165, 1.54) is 6.07 Å². The van der Waals surface area contributed by atoms with Gasteiger partial charge >= 0.3 is 5.97 Å². The predicted octanol–water partition coefficient (Wildman–Crippen LogP) is 2.13. The minimum Gasteiger partial charge on any atom is -0.491 e. The molecule has 92 valence electrons. The first-order valence-corrected chi connectivity index (χ1v) is 5.40. The van der Waals surface area contributed by atoms with Crippen LogP contribution in [0.2, 0.25) is 0 Å². The average Bonchev–Trinajstić information content (AvgIpc) is 2.31. The lowest BCUT2D eigenvalue weighted by atomic mass is 10.1. The number of carboxylic acid groups (broad SMARTS) is 1. The maximum absolute atomic E-state index is 11.0. The summed E-state index contributed by atoms with van der Waals surface area (Å²) in [5.41, 5.74) is 0.220. The molecular weight excluding hydrogens is 222 g/mol. The number of benzene rings is 1. The molecule has 0 bridgehead atoms. The first-order valence-electron chi connectivity index (χ1n) is 5.40. The molecule has 0 radical (unpaired) electrons. The number of para-hydroxylation sites is 1. The van der Waals surface area contributed by atoms with Crippen molar-refractivity contribution in [2.45, 2.75) is 19.8 Å². The van der Waals surface area contributed by atoms with Crippen molar-refractivity contribution in [2.75, 3.05) is 11.9 Å². The molecule has 0 aromatic heterocycles. The number of rotatable bonds is 7. The zero-order valence-electron chi connectivity index (χ0n) is 9.60. The number of hydrogen-bond acceptors (Lipinski definition) is 3. The van der Waals surface area contributed by atoms with Gasteiger partial charge in [-0.15, -0.1) is 0 Å². The number of carbonyl (C=O) groups excluding carboxylic acids is 1.